The van der Waals surface area contributed by atoms with E-state index in [9.17, 15) is 0 Å². The molecule has 2 aliphatic rings. The maximum atomic E-state index is 3.74. The fourth-order valence-electron chi connectivity index (χ4n) is 4.10. The van der Waals surface area contributed by atoms with Crippen molar-refractivity contribution < 1.29 is 0 Å². The molecule has 0 aromatic heterocycles. The van der Waals surface area contributed by atoms with Crippen molar-refractivity contribution in [2.24, 2.45) is 5.92 Å². The summed E-state index contributed by atoms with van der Waals surface area (Å²) in [7, 11) is 0. The van der Waals surface area contributed by atoms with Crippen molar-refractivity contribution in [3.63, 3.8) is 0 Å². The third-order valence-electron chi connectivity index (χ3n) is 5.32. The maximum absolute atomic E-state index is 3.74. The second-order valence-corrected chi connectivity index (χ2v) is 7.48. The van der Waals surface area contributed by atoms with Crippen LogP contribution in [0.4, 0.5) is 0 Å². The summed E-state index contributed by atoms with van der Waals surface area (Å²) in [5.41, 5.74) is 0. The molecule has 1 N–H and O–H groups in total. The number of nitrogens with zero attached hydrogens (tertiary/aromatic N) is 1. The summed E-state index contributed by atoms with van der Waals surface area (Å²) < 4.78 is 0. The summed E-state index contributed by atoms with van der Waals surface area (Å²) >= 11 is 0. The minimum atomic E-state index is 0.794. The Kier molecular flexibility index (Phi) is 6.83. The van der Waals surface area contributed by atoms with E-state index in [2.05, 4.69) is 31.0 Å². The molecule has 0 saturated heterocycles. The van der Waals surface area contributed by atoms with Gasteiger partial charge in [-0.1, -0.05) is 33.6 Å². The van der Waals surface area contributed by atoms with Gasteiger partial charge in [0.1, 0.15) is 0 Å². The Morgan fingerprint density at radius 1 is 1.05 bits per heavy atom. The highest BCUT2D eigenvalue weighted by molar-refractivity contribution is 4.91. The molecule has 118 valence electrons. The zero-order valence-electron chi connectivity index (χ0n) is 14.0. The molecular formula is C18H36N2. The van der Waals surface area contributed by atoms with Crippen molar-refractivity contribution in [2.45, 2.75) is 96.7 Å². The number of hydrogen-bond donors (Lipinski definition) is 1. The van der Waals surface area contributed by atoms with Gasteiger partial charge in [-0.15, -0.1) is 0 Å². The molecule has 20 heavy (non-hydrogen) atoms. The molecule has 2 fully saturated rings. The molecule has 2 saturated carbocycles. The van der Waals surface area contributed by atoms with E-state index in [4.69, 9.17) is 0 Å². The van der Waals surface area contributed by atoms with Crippen LogP contribution in [0.2, 0.25) is 0 Å². The largest absolute Gasteiger partial charge is 0.314 e. The summed E-state index contributed by atoms with van der Waals surface area (Å²) in [4.78, 5) is 2.92. The first kappa shape index (κ1) is 16.3. The summed E-state index contributed by atoms with van der Waals surface area (Å²) in [6, 6.07) is 2.57. The average molecular weight is 280 g/mol. The molecule has 2 atom stereocenters. The van der Waals surface area contributed by atoms with Gasteiger partial charge in [-0.05, 0) is 64.0 Å². The van der Waals surface area contributed by atoms with Gasteiger partial charge in [0, 0.05) is 18.1 Å². The number of hydrogen-bond acceptors (Lipinski definition) is 2. The van der Waals surface area contributed by atoms with Crippen molar-refractivity contribution in [1.82, 2.24) is 10.2 Å². The zero-order valence-corrected chi connectivity index (χ0v) is 14.0. The Balaban J connectivity index is 1.85. The topological polar surface area (TPSA) is 15.3 Å². The molecular weight excluding hydrogens is 244 g/mol. The van der Waals surface area contributed by atoms with Crippen molar-refractivity contribution >= 4 is 0 Å². The predicted molar refractivity (Wildman–Crippen MR) is 88.1 cm³/mol. The summed E-state index contributed by atoms with van der Waals surface area (Å²) in [6.45, 7) is 9.55. The Bertz CT molecular complexity index is 258. The van der Waals surface area contributed by atoms with Crippen molar-refractivity contribution in [3.8, 4) is 0 Å². The van der Waals surface area contributed by atoms with Crippen molar-refractivity contribution in [3.05, 3.63) is 0 Å². The molecule has 2 unspecified atom stereocenters. The van der Waals surface area contributed by atoms with Crippen LogP contribution in [0.1, 0.15) is 78.6 Å². The number of nitrogens with one attached hydrogen (secondary N) is 1. The van der Waals surface area contributed by atoms with E-state index >= 15 is 0 Å². The molecule has 0 aliphatic heterocycles. The van der Waals surface area contributed by atoms with Gasteiger partial charge in [0.05, 0.1) is 0 Å². The van der Waals surface area contributed by atoms with Gasteiger partial charge in [-0.2, -0.15) is 0 Å². The van der Waals surface area contributed by atoms with E-state index in [0.717, 1.165) is 24.0 Å². The van der Waals surface area contributed by atoms with Gasteiger partial charge < -0.3 is 5.32 Å². The average Bonchev–Trinajstić information content (AvgIpc) is 3.08. The normalized spacial score (nSPS) is 28.1. The second-order valence-electron chi connectivity index (χ2n) is 7.48. The highest BCUT2D eigenvalue weighted by Gasteiger charge is 2.33. The Morgan fingerprint density at radius 3 is 2.45 bits per heavy atom. The lowest BCUT2D eigenvalue weighted by molar-refractivity contribution is 0.128. The lowest BCUT2D eigenvalue weighted by Crippen LogP contribution is -2.42. The molecule has 2 nitrogen and oxygen atoms in total. The van der Waals surface area contributed by atoms with Crippen LogP contribution in [-0.4, -0.2) is 36.1 Å². The quantitative estimate of drug-likeness (QED) is 0.717. The van der Waals surface area contributed by atoms with Gasteiger partial charge in [0.2, 0.25) is 0 Å². The highest BCUT2D eigenvalue weighted by atomic mass is 15.2. The Labute approximate surface area is 126 Å². The molecule has 0 aromatic rings. The second kappa shape index (κ2) is 8.38. The lowest BCUT2D eigenvalue weighted by atomic mass is 10.1. The van der Waals surface area contributed by atoms with Crippen molar-refractivity contribution in [2.75, 3.05) is 13.1 Å². The van der Waals surface area contributed by atoms with Crippen LogP contribution in [0.25, 0.3) is 0 Å². The Hall–Kier alpha value is -0.0800. The van der Waals surface area contributed by atoms with E-state index in [1.807, 2.05) is 0 Å². The van der Waals surface area contributed by atoms with Crippen molar-refractivity contribution in [1.29, 1.82) is 0 Å². The van der Waals surface area contributed by atoms with Crippen LogP contribution < -0.4 is 5.32 Å². The molecule has 0 radical (unpaired) electrons. The SMILES string of the molecule is CCCNC1CCC(N(CCC(C)C)C2CCCC2)C1. The van der Waals surface area contributed by atoms with Gasteiger partial charge in [0.15, 0.2) is 0 Å². The van der Waals surface area contributed by atoms with Crippen LogP contribution in [0.15, 0.2) is 0 Å². The molecule has 2 rings (SSSR count). The van der Waals surface area contributed by atoms with Gasteiger partial charge in [-0.25, -0.2) is 0 Å². The fraction of sp³-hybridized carbons (Fsp3) is 1.00. The van der Waals surface area contributed by atoms with Crippen LogP contribution in [0.5, 0.6) is 0 Å². The fourth-order valence-corrected chi connectivity index (χ4v) is 4.10. The molecule has 0 spiro atoms. The molecule has 2 aliphatic carbocycles. The maximum Gasteiger partial charge on any atom is 0.0114 e. The van der Waals surface area contributed by atoms with Gasteiger partial charge in [0.25, 0.3) is 0 Å². The summed E-state index contributed by atoms with van der Waals surface area (Å²) in [5, 5.41) is 3.74. The van der Waals surface area contributed by atoms with Crippen LogP contribution in [-0.2, 0) is 0 Å². The van der Waals surface area contributed by atoms with Crippen LogP contribution in [0, 0.1) is 5.92 Å². The lowest BCUT2D eigenvalue weighted by Gasteiger charge is -2.35. The summed E-state index contributed by atoms with van der Waals surface area (Å²) in [6.07, 6.45) is 12.7. The molecule has 0 bridgehead atoms. The Morgan fingerprint density at radius 2 is 1.80 bits per heavy atom. The smallest absolute Gasteiger partial charge is 0.0114 e. The van der Waals surface area contributed by atoms with Gasteiger partial charge >= 0.3 is 0 Å². The first-order chi connectivity index (χ1) is 9.70. The predicted octanol–water partition coefficient (Wildman–Crippen LogP) is 4.20. The monoisotopic (exact) mass is 280 g/mol. The summed E-state index contributed by atoms with van der Waals surface area (Å²) in [5.74, 6) is 0.842. The number of rotatable bonds is 8. The first-order valence-corrected chi connectivity index (χ1v) is 9.19. The first-order valence-electron chi connectivity index (χ1n) is 9.19. The highest BCUT2D eigenvalue weighted by Crippen LogP contribution is 2.32. The van der Waals surface area contributed by atoms with E-state index in [-0.39, 0.29) is 0 Å². The van der Waals surface area contributed by atoms with E-state index in [1.54, 1.807) is 0 Å². The molecule has 0 heterocycles. The minimum Gasteiger partial charge on any atom is -0.314 e. The minimum absolute atomic E-state index is 0.794. The molecule has 2 heteroatoms. The van der Waals surface area contributed by atoms with E-state index < -0.39 is 0 Å². The molecule has 0 amide bonds. The zero-order chi connectivity index (χ0) is 14.4. The molecule has 0 aromatic carbocycles. The van der Waals surface area contributed by atoms with Crippen LogP contribution in [0.3, 0.4) is 0 Å². The third kappa shape index (κ3) is 4.73. The van der Waals surface area contributed by atoms with E-state index in [0.29, 0.717) is 0 Å². The van der Waals surface area contributed by atoms with Gasteiger partial charge in [-0.3, -0.25) is 4.90 Å². The third-order valence-corrected chi connectivity index (χ3v) is 5.32. The van der Waals surface area contributed by atoms with Crippen LogP contribution >= 0.6 is 0 Å². The van der Waals surface area contributed by atoms with E-state index in [1.165, 1.54) is 70.9 Å². The standard InChI is InChI=1S/C18H36N2/c1-4-12-19-16-9-10-18(14-16)20(13-11-15(2)3)17-7-5-6-8-17/h15-19H,4-14H2,1-3H3.